The van der Waals surface area contributed by atoms with Gasteiger partial charge in [-0.05, 0) is 51.1 Å². The molecule has 3 nitrogen and oxygen atoms in total. The molecule has 4 heteroatoms. The van der Waals surface area contributed by atoms with E-state index in [0.717, 1.165) is 37.2 Å². The highest BCUT2D eigenvalue weighted by Crippen LogP contribution is 2.22. The fourth-order valence-corrected chi connectivity index (χ4v) is 3.34. The van der Waals surface area contributed by atoms with E-state index in [1.165, 1.54) is 22.6 Å². The van der Waals surface area contributed by atoms with E-state index in [1.807, 2.05) is 24.3 Å². The van der Waals surface area contributed by atoms with Gasteiger partial charge in [-0.25, -0.2) is 0 Å². The first-order valence-electron chi connectivity index (χ1n) is 7.24. The van der Waals surface area contributed by atoms with Crippen molar-refractivity contribution in [1.82, 2.24) is 10.2 Å². The Balaban J connectivity index is 1.48. The Kier molecular flexibility index (Phi) is 4.24. The minimum Gasteiger partial charge on any atom is -0.465 e. The second-order valence-electron chi connectivity index (χ2n) is 5.71. The molecule has 0 radical (unpaired) electrons. The molecule has 1 fully saturated rings. The summed E-state index contributed by atoms with van der Waals surface area (Å²) >= 11 is 1.91. The standard InChI is InChI=1S/C16H22N2OS/c1-12-3-6-14(19-12)10-18(2)11-16-8-7-15(20-16)9-17-13-4-5-13/h3,6-8,13,17H,4-5,9-11H2,1-2H3. The van der Waals surface area contributed by atoms with E-state index >= 15 is 0 Å². The number of aryl methyl sites for hydroxylation is 1. The normalized spacial score (nSPS) is 15.2. The van der Waals surface area contributed by atoms with Gasteiger partial charge < -0.3 is 9.73 Å². The smallest absolute Gasteiger partial charge is 0.118 e. The van der Waals surface area contributed by atoms with Gasteiger partial charge in [-0.1, -0.05) is 0 Å². The van der Waals surface area contributed by atoms with Crippen molar-refractivity contribution in [2.45, 2.75) is 45.4 Å². The third-order valence-corrected chi connectivity index (χ3v) is 4.58. The van der Waals surface area contributed by atoms with Crippen LogP contribution in [0.4, 0.5) is 0 Å². The predicted molar refractivity (Wildman–Crippen MR) is 82.8 cm³/mol. The number of nitrogens with zero attached hydrogens (tertiary/aromatic N) is 1. The van der Waals surface area contributed by atoms with Gasteiger partial charge in [0.1, 0.15) is 11.5 Å². The summed E-state index contributed by atoms with van der Waals surface area (Å²) < 4.78 is 5.62. The first-order chi connectivity index (χ1) is 9.69. The largest absolute Gasteiger partial charge is 0.465 e. The quantitative estimate of drug-likeness (QED) is 0.845. The van der Waals surface area contributed by atoms with Crippen LogP contribution < -0.4 is 5.32 Å². The fraction of sp³-hybridized carbons (Fsp3) is 0.500. The van der Waals surface area contributed by atoms with Crippen molar-refractivity contribution >= 4 is 11.3 Å². The van der Waals surface area contributed by atoms with E-state index in [4.69, 9.17) is 4.42 Å². The van der Waals surface area contributed by atoms with Crippen molar-refractivity contribution in [1.29, 1.82) is 0 Å². The highest BCUT2D eigenvalue weighted by Gasteiger charge is 2.20. The fourth-order valence-electron chi connectivity index (χ4n) is 2.29. The van der Waals surface area contributed by atoms with Crippen molar-refractivity contribution in [2.75, 3.05) is 7.05 Å². The summed E-state index contributed by atoms with van der Waals surface area (Å²) in [6.45, 7) is 4.85. The van der Waals surface area contributed by atoms with Crippen LogP contribution in [-0.4, -0.2) is 18.0 Å². The van der Waals surface area contributed by atoms with Gasteiger partial charge in [0.2, 0.25) is 0 Å². The molecule has 0 bridgehead atoms. The van der Waals surface area contributed by atoms with Crippen molar-refractivity contribution in [3.63, 3.8) is 0 Å². The molecule has 0 unspecified atom stereocenters. The average molecular weight is 290 g/mol. The van der Waals surface area contributed by atoms with Gasteiger partial charge in [0.15, 0.2) is 0 Å². The number of hydrogen-bond acceptors (Lipinski definition) is 4. The van der Waals surface area contributed by atoms with Crippen LogP contribution in [0.15, 0.2) is 28.7 Å². The summed E-state index contributed by atoms with van der Waals surface area (Å²) in [6, 6.07) is 9.37. The Labute approximate surface area is 124 Å². The first-order valence-corrected chi connectivity index (χ1v) is 8.05. The molecule has 1 aliphatic rings. The van der Waals surface area contributed by atoms with Gasteiger partial charge in [0.05, 0.1) is 6.54 Å². The SMILES string of the molecule is Cc1ccc(CN(C)Cc2ccc(CNC3CC3)s2)o1. The molecule has 3 rings (SSSR count). The van der Waals surface area contributed by atoms with Crippen LogP contribution in [0.25, 0.3) is 0 Å². The molecule has 108 valence electrons. The Bertz CT molecular complexity index is 556. The van der Waals surface area contributed by atoms with Gasteiger partial charge in [0.25, 0.3) is 0 Å². The minimum atomic E-state index is 0.783. The molecule has 2 aromatic rings. The van der Waals surface area contributed by atoms with Crippen LogP contribution in [0, 0.1) is 6.92 Å². The van der Waals surface area contributed by atoms with E-state index in [9.17, 15) is 0 Å². The van der Waals surface area contributed by atoms with E-state index in [1.54, 1.807) is 0 Å². The number of furan rings is 1. The minimum absolute atomic E-state index is 0.783. The third kappa shape index (κ3) is 3.95. The topological polar surface area (TPSA) is 28.4 Å². The molecule has 2 aromatic heterocycles. The average Bonchev–Trinajstić information content (AvgIpc) is 3.00. The van der Waals surface area contributed by atoms with Crippen LogP contribution in [0.3, 0.4) is 0 Å². The number of rotatable bonds is 7. The Morgan fingerprint density at radius 2 is 2.00 bits per heavy atom. The lowest BCUT2D eigenvalue weighted by atomic mass is 10.3. The predicted octanol–water partition coefficient (Wildman–Crippen LogP) is 3.53. The summed E-state index contributed by atoms with van der Waals surface area (Å²) in [6.07, 6.45) is 2.70. The van der Waals surface area contributed by atoms with Crippen molar-refractivity contribution < 1.29 is 4.42 Å². The molecule has 1 aliphatic carbocycles. The molecule has 1 saturated carbocycles. The molecule has 1 N–H and O–H groups in total. The lowest BCUT2D eigenvalue weighted by Crippen LogP contribution is -2.16. The van der Waals surface area contributed by atoms with Gasteiger partial charge >= 0.3 is 0 Å². The monoisotopic (exact) mass is 290 g/mol. The Hall–Kier alpha value is -1.10. The molecule has 0 aliphatic heterocycles. The molecule has 0 atom stereocenters. The van der Waals surface area contributed by atoms with Crippen LogP contribution >= 0.6 is 11.3 Å². The lowest BCUT2D eigenvalue weighted by molar-refractivity contribution is 0.287. The molecule has 0 aromatic carbocycles. The maximum Gasteiger partial charge on any atom is 0.118 e. The highest BCUT2D eigenvalue weighted by atomic mass is 32.1. The molecule has 2 heterocycles. The Morgan fingerprint density at radius 3 is 2.70 bits per heavy atom. The number of nitrogens with one attached hydrogen (secondary N) is 1. The van der Waals surface area contributed by atoms with Crippen LogP contribution in [0.1, 0.15) is 34.1 Å². The highest BCUT2D eigenvalue weighted by molar-refractivity contribution is 7.11. The van der Waals surface area contributed by atoms with Gasteiger partial charge in [-0.15, -0.1) is 11.3 Å². The number of thiophene rings is 1. The third-order valence-electron chi connectivity index (χ3n) is 3.51. The van der Waals surface area contributed by atoms with Gasteiger partial charge in [0, 0.05) is 28.9 Å². The van der Waals surface area contributed by atoms with Gasteiger partial charge in [-0.2, -0.15) is 0 Å². The van der Waals surface area contributed by atoms with E-state index in [-0.39, 0.29) is 0 Å². The second kappa shape index (κ2) is 6.12. The second-order valence-corrected chi connectivity index (χ2v) is 6.96. The zero-order valence-corrected chi connectivity index (χ0v) is 13.0. The molecule has 0 saturated heterocycles. The zero-order chi connectivity index (χ0) is 13.9. The van der Waals surface area contributed by atoms with E-state index in [0.29, 0.717) is 0 Å². The summed E-state index contributed by atoms with van der Waals surface area (Å²) in [5, 5.41) is 3.56. The maximum absolute atomic E-state index is 5.62. The maximum atomic E-state index is 5.62. The molecule has 0 spiro atoms. The summed E-state index contributed by atoms with van der Waals surface area (Å²) in [5.41, 5.74) is 0. The van der Waals surface area contributed by atoms with Crippen LogP contribution in [-0.2, 0) is 19.6 Å². The summed E-state index contributed by atoms with van der Waals surface area (Å²) in [4.78, 5) is 5.15. The molecular formula is C16H22N2OS. The van der Waals surface area contributed by atoms with Gasteiger partial charge in [-0.3, -0.25) is 4.90 Å². The van der Waals surface area contributed by atoms with Crippen LogP contribution in [0.2, 0.25) is 0 Å². The molecular weight excluding hydrogens is 268 g/mol. The van der Waals surface area contributed by atoms with Crippen molar-refractivity contribution in [3.05, 3.63) is 45.5 Å². The van der Waals surface area contributed by atoms with E-state index < -0.39 is 0 Å². The van der Waals surface area contributed by atoms with Crippen molar-refractivity contribution in [2.24, 2.45) is 0 Å². The lowest BCUT2D eigenvalue weighted by Gasteiger charge is -2.13. The van der Waals surface area contributed by atoms with Crippen LogP contribution in [0.5, 0.6) is 0 Å². The first kappa shape index (κ1) is 13.9. The molecule has 20 heavy (non-hydrogen) atoms. The van der Waals surface area contributed by atoms with E-state index in [2.05, 4.69) is 35.5 Å². The Morgan fingerprint density at radius 1 is 1.20 bits per heavy atom. The summed E-state index contributed by atoms with van der Waals surface area (Å²) in [5.74, 6) is 2.02. The number of hydrogen-bond donors (Lipinski definition) is 1. The summed E-state index contributed by atoms with van der Waals surface area (Å²) in [7, 11) is 2.14. The zero-order valence-electron chi connectivity index (χ0n) is 12.2. The molecule has 0 amide bonds. The van der Waals surface area contributed by atoms with Crippen molar-refractivity contribution in [3.8, 4) is 0 Å².